The Hall–Kier alpha value is -2.00. The fraction of sp³-hybridized carbons (Fsp3) is 0.385. The third-order valence-electron chi connectivity index (χ3n) is 3.09. The van der Waals surface area contributed by atoms with Gasteiger partial charge in [-0.15, -0.1) is 5.10 Å². The van der Waals surface area contributed by atoms with Crippen molar-refractivity contribution in [3.05, 3.63) is 35.9 Å². The summed E-state index contributed by atoms with van der Waals surface area (Å²) in [7, 11) is -2.56. The van der Waals surface area contributed by atoms with Crippen molar-refractivity contribution in [2.75, 3.05) is 7.11 Å². The number of sulfonamides is 1. The fourth-order valence-electron chi connectivity index (χ4n) is 2.08. The highest BCUT2D eigenvalue weighted by atomic mass is 32.2. The lowest BCUT2D eigenvalue weighted by Gasteiger charge is -2.15. The average molecular weight is 328 g/mol. The Morgan fingerprint density at radius 2 is 2.05 bits per heavy atom. The maximum atomic E-state index is 13.7. The van der Waals surface area contributed by atoms with Crippen LogP contribution in [0.1, 0.15) is 25.7 Å². The summed E-state index contributed by atoms with van der Waals surface area (Å²) in [6.07, 6.45) is 0. The molecule has 22 heavy (non-hydrogen) atoms. The van der Waals surface area contributed by atoms with E-state index in [1.54, 1.807) is 11.5 Å². The minimum absolute atomic E-state index is 0.287. The first kappa shape index (κ1) is 16.4. The lowest BCUT2D eigenvalue weighted by Crippen LogP contribution is -2.29. The van der Waals surface area contributed by atoms with Gasteiger partial charge in [-0.1, -0.05) is 17.2 Å². The van der Waals surface area contributed by atoms with Crippen molar-refractivity contribution in [2.24, 2.45) is 0 Å². The molecule has 0 spiro atoms. The van der Waals surface area contributed by atoms with E-state index in [1.807, 2.05) is 6.92 Å². The molecule has 0 aliphatic carbocycles. The Morgan fingerprint density at radius 1 is 1.36 bits per heavy atom. The molecule has 2 rings (SSSR count). The highest BCUT2D eigenvalue weighted by Crippen LogP contribution is 2.20. The molecule has 0 amide bonds. The number of nitrogens with zero attached hydrogens (tertiary/aromatic N) is 3. The Morgan fingerprint density at radius 3 is 2.64 bits per heavy atom. The van der Waals surface area contributed by atoms with Crippen molar-refractivity contribution >= 4 is 10.0 Å². The lowest BCUT2D eigenvalue weighted by molar-refractivity contribution is 0.354. The highest BCUT2D eigenvalue weighted by molar-refractivity contribution is 7.89. The van der Waals surface area contributed by atoms with Gasteiger partial charge in [-0.25, -0.2) is 17.5 Å². The van der Waals surface area contributed by atoms with Crippen molar-refractivity contribution in [3.8, 4) is 6.01 Å². The van der Waals surface area contributed by atoms with Crippen molar-refractivity contribution in [1.29, 1.82) is 0 Å². The number of hydrogen-bond donors (Lipinski definition) is 1. The molecule has 9 heteroatoms. The molecule has 1 atom stereocenters. The zero-order valence-corrected chi connectivity index (χ0v) is 13.3. The number of nitrogens with one attached hydrogen (secondary N) is 1. The molecule has 1 aromatic heterocycles. The van der Waals surface area contributed by atoms with Gasteiger partial charge in [0.25, 0.3) is 0 Å². The normalized spacial score (nSPS) is 13.1. The number of halogens is 1. The van der Waals surface area contributed by atoms with E-state index in [9.17, 15) is 12.8 Å². The third kappa shape index (κ3) is 3.09. The molecule has 7 nitrogen and oxygen atoms in total. The molecular formula is C13H17FN4O3S. The van der Waals surface area contributed by atoms with E-state index in [1.165, 1.54) is 25.3 Å². The molecule has 120 valence electrons. The van der Waals surface area contributed by atoms with E-state index in [0.29, 0.717) is 12.4 Å². The van der Waals surface area contributed by atoms with Gasteiger partial charge in [0.1, 0.15) is 10.7 Å². The van der Waals surface area contributed by atoms with E-state index in [2.05, 4.69) is 14.9 Å². The standard InChI is InChI=1S/C13H17FN4O3S/c1-4-18-12(15-16-13(18)21-3)9(2)17-22(19,20)11-8-6-5-7-10(11)14/h5-9,17H,4H2,1-3H3/t9-/m1/s1. The van der Waals surface area contributed by atoms with Crippen LogP contribution in [0.4, 0.5) is 4.39 Å². The van der Waals surface area contributed by atoms with E-state index in [0.717, 1.165) is 6.07 Å². The summed E-state index contributed by atoms with van der Waals surface area (Å²) >= 11 is 0. The van der Waals surface area contributed by atoms with Gasteiger partial charge in [-0.05, 0) is 26.0 Å². The minimum atomic E-state index is -4.01. The third-order valence-corrected chi connectivity index (χ3v) is 4.66. The van der Waals surface area contributed by atoms with Gasteiger partial charge in [0.15, 0.2) is 5.82 Å². The molecule has 0 aliphatic rings. The molecular weight excluding hydrogens is 311 g/mol. The Balaban J connectivity index is 2.31. The van der Waals surface area contributed by atoms with Crippen LogP contribution in [0.2, 0.25) is 0 Å². The van der Waals surface area contributed by atoms with Gasteiger partial charge in [0.05, 0.1) is 13.2 Å². The highest BCUT2D eigenvalue weighted by Gasteiger charge is 2.25. The number of hydrogen-bond acceptors (Lipinski definition) is 5. The van der Waals surface area contributed by atoms with Crippen LogP contribution in [0.15, 0.2) is 29.2 Å². The summed E-state index contributed by atoms with van der Waals surface area (Å²) in [6, 6.07) is 4.78. The Kier molecular flexibility index (Phi) is 4.77. The van der Waals surface area contributed by atoms with Crippen LogP contribution in [0, 0.1) is 5.82 Å². The molecule has 0 unspecified atom stereocenters. The van der Waals surface area contributed by atoms with Crippen LogP contribution in [-0.4, -0.2) is 30.3 Å². The maximum absolute atomic E-state index is 13.7. The molecule has 0 saturated carbocycles. The molecule has 0 radical (unpaired) electrons. The second kappa shape index (κ2) is 6.41. The van der Waals surface area contributed by atoms with Crippen LogP contribution in [0.25, 0.3) is 0 Å². The zero-order valence-electron chi connectivity index (χ0n) is 12.4. The monoisotopic (exact) mass is 328 g/mol. The predicted molar refractivity (Wildman–Crippen MR) is 77.4 cm³/mol. The second-order valence-corrected chi connectivity index (χ2v) is 6.24. The van der Waals surface area contributed by atoms with E-state index >= 15 is 0 Å². The van der Waals surface area contributed by atoms with Gasteiger partial charge in [0.2, 0.25) is 10.0 Å². The van der Waals surface area contributed by atoms with Crippen molar-refractivity contribution in [1.82, 2.24) is 19.5 Å². The molecule has 1 heterocycles. The summed E-state index contributed by atoms with van der Waals surface area (Å²) in [5.41, 5.74) is 0. The van der Waals surface area contributed by atoms with Crippen LogP contribution in [0.3, 0.4) is 0 Å². The van der Waals surface area contributed by atoms with Crippen LogP contribution < -0.4 is 9.46 Å². The largest absolute Gasteiger partial charge is 0.467 e. The topological polar surface area (TPSA) is 86.1 Å². The SMILES string of the molecule is CCn1c(OC)nnc1[C@@H](C)NS(=O)(=O)c1ccccc1F. The fourth-order valence-corrected chi connectivity index (χ4v) is 3.36. The smallest absolute Gasteiger partial charge is 0.316 e. The molecule has 0 bridgehead atoms. The number of methoxy groups -OCH3 is 1. The number of benzene rings is 1. The Bertz CT molecular complexity index is 760. The number of ether oxygens (including phenoxy) is 1. The number of aromatic nitrogens is 3. The summed E-state index contributed by atoms with van der Waals surface area (Å²) < 4.78 is 47.3. The zero-order chi connectivity index (χ0) is 16.3. The van der Waals surface area contributed by atoms with Gasteiger partial charge in [-0.2, -0.15) is 0 Å². The predicted octanol–water partition coefficient (Wildman–Crippen LogP) is 1.49. The summed E-state index contributed by atoms with van der Waals surface area (Å²) in [5, 5.41) is 7.75. The van der Waals surface area contributed by atoms with Gasteiger partial charge < -0.3 is 4.74 Å². The summed E-state index contributed by atoms with van der Waals surface area (Å²) in [5.74, 6) is -0.420. The summed E-state index contributed by atoms with van der Waals surface area (Å²) in [6.45, 7) is 3.97. The summed E-state index contributed by atoms with van der Waals surface area (Å²) in [4.78, 5) is -0.406. The molecule has 0 saturated heterocycles. The van der Waals surface area contributed by atoms with Gasteiger partial charge in [-0.3, -0.25) is 4.57 Å². The van der Waals surface area contributed by atoms with Crippen LogP contribution >= 0.6 is 0 Å². The lowest BCUT2D eigenvalue weighted by atomic mass is 10.3. The van der Waals surface area contributed by atoms with E-state index in [-0.39, 0.29) is 6.01 Å². The first-order chi connectivity index (χ1) is 10.4. The first-order valence-electron chi connectivity index (χ1n) is 6.64. The molecule has 1 N–H and O–H groups in total. The van der Waals surface area contributed by atoms with Gasteiger partial charge in [0, 0.05) is 6.54 Å². The average Bonchev–Trinajstić information content (AvgIpc) is 2.90. The molecule has 2 aromatic rings. The first-order valence-corrected chi connectivity index (χ1v) is 8.13. The van der Waals surface area contributed by atoms with Crippen molar-refractivity contribution in [2.45, 2.75) is 31.3 Å². The van der Waals surface area contributed by atoms with Crippen LogP contribution in [0.5, 0.6) is 6.01 Å². The van der Waals surface area contributed by atoms with E-state index < -0.39 is 26.8 Å². The molecule has 0 aliphatic heterocycles. The van der Waals surface area contributed by atoms with Gasteiger partial charge >= 0.3 is 6.01 Å². The number of rotatable bonds is 6. The maximum Gasteiger partial charge on any atom is 0.316 e. The Labute approximate surface area is 128 Å². The second-order valence-electron chi connectivity index (χ2n) is 4.56. The van der Waals surface area contributed by atoms with Crippen molar-refractivity contribution < 1.29 is 17.5 Å². The molecule has 0 fully saturated rings. The quantitative estimate of drug-likeness (QED) is 0.868. The van der Waals surface area contributed by atoms with E-state index in [4.69, 9.17) is 4.74 Å². The van der Waals surface area contributed by atoms with Crippen LogP contribution in [-0.2, 0) is 16.6 Å². The van der Waals surface area contributed by atoms with Crippen molar-refractivity contribution in [3.63, 3.8) is 0 Å². The minimum Gasteiger partial charge on any atom is -0.467 e. The molecule has 1 aromatic carbocycles.